The van der Waals surface area contributed by atoms with Crippen LogP contribution in [0.25, 0.3) is 21.0 Å². The molecule has 5 rings (SSSR count). The van der Waals surface area contributed by atoms with Crippen LogP contribution in [0.2, 0.25) is 0 Å². The van der Waals surface area contributed by atoms with Crippen LogP contribution in [0.15, 0.2) is 52.6 Å². The number of pyridine rings is 1. The van der Waals surface area contributed by atoms with Gasteiger partial charge in [-0.3, -0.25) is 9.69 Å². The van der Waals surface area contributed by atoms with Gasteiger partial charge in [0.15, 0.2) is 0 Å². The third-order valence-corrected chi connectivity index (χ3v) is 6.67. The molecule has 1 N–H and O–H groups in total. The smallest absolute Gasteiger partial charge is 0.251 e. The van der Waals surface area contributed by atoms with E-state index in [1.165, 1.54) is 0 Å². The lowest BCUT2D eigenvalue weighted by Gasteiger charge is -2.36. The number of hydrogen-bond acceptors (Lipinski definition) is 4. The summed E-state index contributed by atoms with van der Waals surface area (Å²) in [4.78, 5) is 18.9. The molecule has 1 aliphatic heterocycles. The van der Waals surface area contributed by atoms with Crippen molar-refractivity contribution in [3.8, 4) is 0 Å². The third-order valence-electron chi connectivity index (χ3n) is 5.80. The fourth-order valence-electron chi connectivity index (χ4n) is 4.20. The van der Waals surface area contributed by atoms with Gasteiger partial charge >= 0.3 is 0 Å². The highest BCUT2D eigenvalue weighted by atomic mass is 32.1. The molecule has 1 aliphatic rings. The normalized spacial score (nSPS) is 15.3. The van der Waals surface area contributed by atoms with Crippen LogP contribution in [0.1, 0.15) is 5.56 Å². The van der Waals surface area contributed by atoms with Gasteiger partial charge in [-0.1, -0.05) is 6.07 Å². The lowest BCUT2D eigenvalue weighted by Crippen LogP contribution is -2.47. The highest BCUT2D eigenvalue weighted by Gasteiger charge is 2.19. The van der Waals surface area contributed by atoms with Gasteiger partial charge in [-0.15, -0.1) is 11.3 Å². The summed E-state index contributed by atoms with van der Waals surface area (Å²) in [5.74, 6) is -0.679. The molecule has 4 nitrogen and oxygen atoms in total. The van der Waals surface area contributed by atoms with Gasteiger partial charge in [-0.2, -0.15) is 0 Å². The van der Waals surface area contributed by atoms with Gasteiger partial charge in [0.25, 0.3) is 5.56 Å². The standard InChI is InChI=1S/C23H21F2N3OS/c24-16-12-21(18-4-10-30-22(18)13-16)28-8-6-27(7-9-28)5-3-15-1-2-17-19(25)14-23(29)26-20(17)11-15/h1-2,4,10-14H,3,5-9H2,(H,26,29). The van der Waals surface area contributed by atoms with Crippen LogP contribution in [0.4, 0.5) is 14.5 Å². The molecule has 0 unspecified atom stereocenters. The van der Waals surface area contributed by atoms with E-state index in [-0.39, 0.29) is 5.82 Å². The van der Waals surface area contributed by atoms with Crippen molar-refractivity contribution in [2.45, 2.75) is 6.42 Å². The van der Waals surface area contributed by atoms with Crippen LogP contribution in [0.5, 0.6) is 0 Å². The lowest BCUT2D eigenvalue weighted by molar-refractivity contribution is 0.261. The fraction of sp³-hybridized carbons (Fsp3) is 0.261. The van der Waals surface area contributed by atoms with Crippen LogP contribution in [-0.4, -0.2) is 42.6 Å². The Morgan fingerprint density at radius 3 is 2.63 bits per heavy atom. The number of fused-ring (bicyclic) bond motifs is 2. The Morgan fingerprint density at radius 1 is 0.967 bits per heavy atom. The maximum absolute atomic E-state index is 14.0. The molecule has 0 amide bonds. The maximum Gasteiger partial charge on any atom is 0.251 e. The summed E-state index contributed by atoms with van der Waals surface area (Å²) in [7, 11) is 0. The van der Waals surface area contributed by atoms with Crippen molar-refractivity contribution in [1.82, 2.24) is 9.88 Å². The Balaban J connectivity index is 1.24. The first-order valence-electron chi connectivity index (χ1n) is 10.0. The SMILES string of the molecule is O=c1cc(F)c2ccc(CCN3CCN(c4cc(F)cc5sccc45)CC3)cc2[nH]1. The number of nitrogens with zero attached hydrogens (tertiary/aromatic N) is 2. The summed E-state index contributed by atoms with van der Waals surface area (Å²) in [5.41, 5.74) is 2.15. The molecule has 154 valence electrons. The molecule has 0 aliphatic carbocycles. The van der Waals surface area contributed by atoms with Crippen molar-refractivity contribution in [2.75, 3.05) is 37.6 Å². The number of hydrogen-bond donors (Lipinski definition) is 1. The van der Waals surface area contributed by atoms with Crippen molar-refractivity contribution in [2.24, 2.45) is 0 Å². The highest BCUT2D eigenvalue weighted by molar-refractivity contribution is 7.17. The molecule has 0 bridgehead atoms. The van der Waals surface area contributed by atoms with Gasteiger partial charge in [0, 0.05) is 59.9 Å². The molecule has 0 radical (unpaired) electrons. The van der Waals surface area contributed by atoms with E-state index in [4.69, 9.17) is 0 Å². The average molecular weight is 426 g/mol. The van der Waals surface area contributed by atoms with Gasteiger partial charge in [0.05, 0.1) is 5.52 Å². The second-order valence-electron chi connectivity index (χ2n) is 7.70. The monoisotopic (exact) mass is 425 g/mol. The van der Waals surface area contributed by atoms with E-state index in [2.05, 4.69) is 20.9 Å². The second-order valence-corrected chi connectivity index (χ2v) is 8.65. The van der Waals surface area contributed by atoms with Gasteiger partial charge in [-0.25, -0.2) is 8.78 Å². The minimum atomic E-state index is -0.492. The van der Waals surface area contributed by atoms with Crippen molar-refractivity contribution in [3.63, 3.8) is 0 Å². The zero-order valence-electron chi connectivity index (χ0n) is 16.3. The first-order valence-corrected chi connectivity index (χ1v) is 10.9. The maximum atomic E-state index is 14.0. The summed E-state index contributed by atoms with van der Waals surface area (Å²) in [5, 5.41) is 3.56. The van der Waals surface area contributed by atoms with E-state index >= 15 is 0 Å². The molecule has 3 heterocycles. The fourth-order valence-corrected chi connectivity index (χ4v) is 5.03. The number of H-pyrrole nitrogens is 1. The summed E-state index contributed by atoms with van der Waals surface area (Å²) >= 11 is 1.57. The number of aromatic amines is 1. The van der Waals surface area contributed by atoms with E-state index < -0.39 is 11.4 Å². The van der Waals surface area contributed by atoms with Gasteiger partial charge in [0.2, 0.25) is 0 Å². The zero-order valence-corrected chi connectivity index (χ0v) is 17.1. The van der Waals surface area contributed by atoms with Gasteiger partial charge in [-0.05, 0) is 47.7 Å². The lowest BCUT2D eigenvalue weighted by atomic mass is 10.1. The number of aromatic nitrogens is 1. The summed E-state index contributed by atoms with van der Waals surface area (Å²) in [6.07, 6.45) is 0.823. The Morgan fingerprint density at radius 2 is 1.80 bits per heavy atom. The van der Waals surface area contributed by atoms with Crippen LogP contribution in [-0.2, 0) is 6.42 Å². The quantitative estimate of drug-likeness (QED) is 0.527. The molecule has 7 heteroatoms. The van der Waals surface area contributed by atoms with E-state index in [9.17, 15) is 13.6 Å². The van der Waals surface area contributed by atoms with Crippen LogP contribution >= 0.6 is 11.3 Å². The number of nitrogens with one attached hydrogen (secondary N) is 1. The van der Waals surface area contributed by atoms with E-state index in [0.717, 1.165) is 66.5 Å². The molecule has 2 aromatic heterocycles. The minimum Gasteiger partial charge on any atom is -0.368 e. The molecular formula is C23H21F2N3OS. The average Bonchev–Trinajstić information content (AvgIpc) is 3.20. The Kier molecular flexibility index (Phi) is 5.00. The number of thiophene rings is 1. The number of anilines is 1. The van der Waals surface area contributed by atoms with Gasteiger partial charge < -0.3 is 9.88 Å². The molecule has 0 atom stereocenters. The second kappa shape index (κ2) is 7.81. The van der Waals surface area contributed by atoms with Crippen molar-refractivity contribution < 1.29 is 8.78 Å². The van der Waals surface area contributed by atoms with Crippen molar-refractivity contribution >= 4 is 38.0 Å². The topological polar surface area (TPSA) is 39.3 Å². The Hall–Kier alpha value is -2.77. The van der Waals surface area contributed by atoms with Gasteiger partial charge in [0.1, 0.15) is 11.6 Å². The van der Waals surface area contributed by atoms with Crippen molar-refractivity contribution in [3.05, 3.63) is 75.4 Å². The van der Waals surface area contributed by atoms with Crippen molar-refractivity contribution in [1.29, 1.82) is 0 Å². The molecule has 1 fully saturated rings. The summed E-state index contributed by atoms with van der Waals surface area (Å²) < 4.78 is 28.9. The molecule has 2 aromatic carbocycles. The third kappa shape index (κ3) is 3.70. The zero-order chi connectivity index (χ0) is 20.7. The molecular weight excluding hydrogens is 404 g/mol. The molecule has 0 spiro atoms. The Labute approximate surface area is 176 Å². The summed E-state index contributed by atoms with van der Waals surface area (Å²) in [6, 6.07) is 11.8. The first kappa shape index (κ1) is 19.2. The number of benzene rings is 2. The van der Waals surface area contributed by atoms with Crippen LogP contribution in [0, 0.1) is 11.6 Å². The van der Waals surface area contributed by atoms with E-state index in [1.54, 1.807) is 29.5 Å². The largest absolute Gasteiger partial charge is 0.368 e. The number of halogens is 2. The number of piperazine rings is 1. The predicted octanol–water partition coefficient (Wildman–Crippen LogP) is 4.39. The van der Waals surface area contributed by atoms with E-state index in [1.807, 2.05) is 17.5 Å². The minimum absolute atomic E-state index is 0.187. The molecule has 4 aromatic rings. The van der Waals surface area contributed by atoms with Crippen LogP contribution in [0.3, 0.4) is 0 Å². The molecule has 0 saturated carbocycles. The Bertz CT molecular complexity index is 1270. The highest BCUT2D eigenvalue weighted by Crippen LogP contribution is 2.32. The van der Waals surface area contributed by atoms with E-state index in [0.29, 0.717) is 10.9 Å². The van der Waals surface area contributed by atoms with Crippen LogP contribution < -0.4 is 10.5 Å². The first-order chi connectivity index (χ1) is 14.6. The number of rotatable bonds is 4. The summed E-state index contributed by atoms with van der Waals surface area (Å²) in [6.45, 7) is 4.40. The predicted molar refractivity (Wildman–Crippen MR) is 119 cm³/mol. The molecule has 30 heavy (non-hydrogen) atoms. The molecule has 1 saturated heterocycles.